The van der Waals surface area contributed by atoms with E-state index in [1.54, 1.807) is 43.9 Å². The van der Waals surface area contributed by atoms with E-state index in [1.165, 1.54) is 6.07 Å². The normalized spacial score (nSPS) is 11.1. The van der Waals surface area contributed by atoms with Crippen molar-refractivity contribution in [3.63, 3.8) is 0 Å². The summed E-state index contributed by atoms with van der Waals surface area (Å²) < 4.78 is 20.0. The molecule has 2 aromatic carbocycles. The Hall–Kier alpha value is -3.86. The van der Waals surface area contributed by atoms with E-state index in [0.717, 1.165) is 33.0 Å². The Morgan fingerprint density at radius 1 is 0.793 bits per heavy atom. The third-order valence-electron chi connectivity index (χ3n) is 5.02. The van der Waals surface area contributed by atoms with Gasteiger partial charge in [0.15, 0.2) is 5.65 Å². The summed E-state index contributed by atoms with van der Waals surface area (Å²) in [4.78, 5) is 13.3. The third kappa shape index (κ3) is 2.88. The summed E-state index contributed by atoms with van der Waals surface area (Å²) in [6, 6.07) is 18.3. The molecule has 140 valence electrons. The highest BCUT2D eigenvalue weighted by Gasteiger charge is 2.15. The Morgan fingerprint density at radius 2 is 1.69 bits per heavy atom. The monoisotopic (exact) mass is 381 g/mol. The molecule has 0 unspecified atom stereocenters. The Morgan fingerprint density at radius 3 is 2.55 bits per heavy atom. The standard InChI is InChI=1S/C24H16FN3O/c1-29-23-9-8-15(16-10-12-26-14-20(16)23)19-13-22(18-5-2-3-7-21(18)25)28-24-17(19)6-4-11-27-24/h2-14H,1H3. The maximum atomic E-state index is 14.5. The van der Waals surface area contributed by atoms with Crippen LogP contribution in [0.5, 0.6) is 5.75 Å². The number of hydrogen-bond donors (Lipinski definition) is 0. The number of rotatable bonds is 3. The largest absolute Gasteiger partial charge is 0.496 e. The minimum atomic E-state index is -0.315. The smallest absolute Gasteiger partial charge is 0.160 e. The highest BCUT2D eigenvalue weighted by molar-refractivity contribution is 6.06. The molecule has 3 heterocycles. The molecule has 0 aliphatic heterocycles. The zero-order valence-corrected chi connectivity index (χ0v) is 15.6. The topological polar surface area (TPSA) is 47.9 Å². The van der Waals surface area contributed by atoms with Crippen LogP contribution in [0.3, 0.4) is 0 Å². The second kappa shape index (κ2) is 6.95. The molecule has 29 heavy (non-hydrogen) atoms. The van der Waals surface area contributed by atoms with Crippen LogP contribution in [-0.4, -0.2) is 22.1 Å². The molecular weight excluding hydrogens is 365 g/mol. The van der Waals surface area contributed by atoms with Gasteiger partial charge in [0.2, 0.25) is 0 Å². The summed E-state index contributed by atoms with van der Waals surface area (Å²) in [7, 11) is 1.64. The van der Waals surface area contributed by atoms with E-state index >= 15 is 0 Å². The van der Waals surface area contributed by atoms with Crippen molar-refractivity contribution in [1.29, 1.82) is 0 Å². The van der Waals surface area contributed by atoms with Crippen molar-refractivity contribution in [3.05, 3.63) is 85.1 Å². The van der Waals surface area contributed by atoms with Crippen molar-refractivity contribution in [2.45, 2.75) is 0 Å². The van der Waals surface area contributed by atoms with E-state index in [0.29, 0.717) is 16.9 Å². The highest BCUT2D eigenvalue weighted by Crippen LogP contribution is 2.38. The number of aromatic nitrogens is 3. The fourth-order valence-corrected chi connectivity index (χ4v) is 3.66. The maximum Gasteiger partial charge on any atom is 0.160 e. The molecule has 0 saturated heterocycles. The number of nitrogens with zero attached hydrogens (tertiary/aromatic N) is 3. The van der Waals surface area contributed by atoms with Gasteiger partial charge in [0, 0.05) is 34.9 Å². The molecule has 0 saturated carbocycles. The Bertz CT molecular complexity index is 1370. The summed E-state index contributed by atoms with van der Waals surface area (Å²) in [5, 5.41) is 2.81. The van der Waals surface area contributed by atoms with Crippen LogP contribution in [0.2, 0.25) is 0 Å². The van der Waals surface area contributed by atoms with E-state index < -0.39 is 0 Å². The highest BCUT2D eigenvalue weighted by atomic mass is 19.1. The summed E-state index contributed by atoms with van der Waals surface area (Å²) in [6.45, 7) is 0. The summed E-state index contributed by atoms with van der Waals surface area (Å²) in [6.07, 6.45) is 5.24. The fourth-order valence-electron chi connectivity index (χ4n) is 3.66. The lowest BCUT2D eigenvalue weighted by Crippen LogP contribution is -1.95. The molecule has 5 rings (SSSR count). The average molecular weight is 381 g/mol. The molecule has 5 aromatic rings. The van der Waals surface area contributed by atoms with Crippen molar-refractivity contribution in [1.82, 2.24) is 15.0 Å². The number of fused-ring (bicyclic) bond motifs is 2. The van der Waals surface area contributed by atoms with Crippen LogP contribution in [-0.2, 0) is 0 Å². The van der Waals surface area contributed by atoms with Gasteiger partial charge in [-0.3, -0.25) is 4.98 Å². The van der Waals surface area contributed by atoms with E-state index in [-0.39, 0.29) is 5.82 Å². The lowest BCUT2D eigenvalue weighted by molar-refractivity contribution is 0.420. The van der Waals surface area contributed by atoms with E-state index in [2.05, 4.69) is 15.0 Å². The molecule has 0 spiro atoms. The molecule has 0 fully saturated rings. The van der Waals surface area contributed by atoms with Gasteiger partial charge in [-0.25, -0.2) is 14.4 Å². The summed E-state index contributed by atoms with van der Waals surface area (Å²) in [5.41, 5.74) is 3.48. The number of benzene rings is 2. The fraction of sp³-hybridized carbons (Fsp3) is 0.0417. The van der Waals surface area contributed by atoms with Gasteiger partial charge in [-0.1, -0.05) is 18.2 Å². The Balaban J connectivity index is 1.87. The van der Waals surface area contributed by atoms with Crippen molar-refractivity contribution in [3.8, 4) is 28.1 Å². The molecule has 0 amide bonds. The quantitative estimate of drug-likeness (QED) is 0.405. The van der Waals surface area contributed by atoms with Crippen molar-refractivity contribution in [2.75, 3.05) is 7.11 Å². The summed E-state index contributed by atoms with van der Waals surface area (Å²) >= 11 is 0. The van der Waals surface area contributed by atoms with Gasteiger partial charge in [0.05, 0.1) is 12.8 Å². The molecule has 0 radical (unpaired) electrons. The van der Waals surface area contributed by atoms with Crippen LogP contribution in [0.4, 0.5) is 4.39 Å². The minimum Gasteiger partial charge on any atom is -0.496 e. The van der Waals surface area contributed by atoms with Gasteiger partial charge < -0.3 is 4.74 Å². The molecule has 0 aliphatic rings. The average Bonchev–Trinajstić information content (AvgIpc) is 2.78. The lowest BCUT2D eigenvalue weighted by atomic mass is 9.95. The van der Waals surface area contributed by atoms with Crippen LogP contribution >= 0.6 is 0 Å². The molecular formula is C24H16FN3O. The molecule has 0 bridgehead atoms. The zero-order valence-electron chi connectivity index (χ0n) is 15.6. The van der Waals surface area contributed by atoms with Gasteiger partial charge >= 0.3 is 0 Å². The van der Waals surface area contributed by atoms with E-state index in [9.17, 15) is 4.39 Å². The van der Waals surface area contributed by atoms with Crippen LogP contribution in [0, 0.1) is 5.82 Å². The van der Waals surface area contributed by atoms with E-state index in [4.69, 9.17) is 4.74 Å². The first kappa shape index (κ1) is 17.3. The SMILES string of the molecule is COc1ccc(-c2cc(-c3ccccc3F)nc3ncccc23)c2ccncc12. The first-order valence-corrected chi connectivity index (χ1v) is 9.18. The number of halogens is 1. The molecule has 3 aromatic heterocycles. The number of ether oxygens (including phenoxy) is 1. The van der Waals surface area contributed by atoms with Gasteiger partial charge in [-0.2, -0.15) is 0 Å². The second-order valence-electron chi connectivity index (χ2n) is 6.65. The lowest BCUT2D eigenvalue weighted by Gasteiger charge is -2.14. The number of hydrogen-bond acceptors (Lipinski definition) is 4. The van der Waals surface area contributed by atoms with Crippen LogP contribution in [0.1, 0.15) is 0 Å². The van der Waals surface area contributed by atoms with Crippen molar-refractivity contribution >= 4 is 21.8 Å². The minimum absolute atomic E-state index is 0.315. The van der Waals surface area contributed by atoms with Gasteiger partial charge in [0.1, 0.15) is 11.6 Å². The van der Waals surface area contributed by atoms with Gasteiger partial charge in [-0.15, -0.1) is 0 Å². The van der Waals surface area contributed by atoms with Gasteiger partial charge in [-0.05, 0) is 59.0 Å². The van der Waals surface area contributed by atoms with Crippen molar-refractivity contribution in [2.24, 2.45) is 0 Å². The third-order valence-corrected chi connectivity index (χ3v) is 5.02. The summed E-state index contributed by atoms with van der Waals surface area (Å²) in [5.74, 6) is 0.438. The second-order valence-corrected chi connectivity index (χ2v) is 6.65. The molecule has 4 nitrogen and oxygen atoms in total. The van der Waals surface area contributed by atoms with Crippen LogP contribution in [0.25, 0.3) is 44.2 Å². The number of pyridine rings is 3. The predicted molar refractivity (Wildman–Crippen MR) is 112 cm³/mol. The first-order chi connectivity index (χ1) is 14.3. The first-order valence-electron chi connectivity index (χ1n) is 9.18. The molecule has 5 heteroatoms. The van der Waals surface area contributed by atoms with E-state index in [1.807, 2.05) is 36.4 Å². The van der Waals surface area contributed by atoms with Crippen LogP contribution < -0.4 is 4.74 Å². The van der Waals surface area contributed by atoms with Crippen molar-refractivity contribution < 1.29 is 9.13 Å². The number of methoxy groups -OCH3 is 1. The molecule has 0 atom stereocenters. The molecule has 0 N–H and O–H groups in total. The Labute approximate surface area is 166 Å². The maximum absolute atomic E-state index is 14.5. The molecule has 0 aliphatic carbocycles. The predicted octanol–water partition coefficient (Wildman–Crippen LogP) is 5.66. The van der Waals surface area contributed by atoms with Gasteiger partial charge in [0.25, 0.3) is 0 Å². The Kier molecular flexibility index (Phi) is 4.13. The zero-order chi connectivity index (χ0) is 19.8. The van der Waals surface area contributed by atoms with Crippen LogP contribution in [0.15, 0.2) is 79.3 Å².